The Balaban J connectivity index is 2.17. The van der Waals surface area contributed by atoms with E-state index in [-0.39, 0.29) is 17.3 Å². The number of benzene rings is 1. The van der Waals surface area contributed by atoms with Gasteiger partial charge in [0.15, 0.2) is 5.69 Å². The Labute approximate surface area is 150 Å². The number of hydrogen-bond donors (Lipinski definition) is 3. The minimum atomic E-state index is -1.22. The number of carboxylic acid groups (broad SMARTS) is 1. The molecule has 26 heavy (non-hydrogen) atoms. The fourth-order valence-corrected chi connectivity index (χ4v) is 1.90. The van der Waals surface area contributed by atoms with E-state index in [4.69, 9.17) is 5.11 Å². The molecule has 3 N–H and O–H groups in total. The number of hydrogen-bond acceptors (Lipinski definition) is 5. The normalized spacial score (nSPS) is 10.9. The molecule has 1 heterocycles. The van der Waals surface area contributed by atoms with Crippen LogP contribution < -0.4 is 10.6 Å². The number of amides is 2. The summed E-state index contributed by atoms with van der Waals surface area (Å²) in [6.45, 7) is 7.22. The molecule has 136 valence electrons. The van der Waals surface area contributed by atoms with E-state index in [0.29, 0.717) is 11.4 Å². The molecule has 2 amide bonds. The largest absolute Gasteiger partial charge is 0.476 e. The molecule has 1 aromatic heterocycles. The van der Waals surface area contributed by atoms with Crippen molar-refractivity contribution >= 4 is 29.2 Å². The zero-order valence-corrected chi connectivity index (χ0v) is 15.0. The first-order chi connectivity index (χ1) is 12.1. The van der Waals surface area contributed by atoms with Gasteiger partial charge in [0.25, 0.3) is 5.91 Å². The predicted octanol–water partition coefficient (Wildman–Crippen LogP) is 2.72. The Bertz CT molecular complexity index is 854. The zero-order chi connectivity index (χ0) is 19.5. The van der Waals surface area contributed by atoms with Gasteiger partial charge >= 0.3 is 5.97 Å². The van der Waals surface area contributed by atoms with Crippen LogP contribution in [0.5, 0.6) is 0 Å². The number of nitrogens with zero attached hydrogens (tertiary/aromatic N) is 2. The van der Waals surface area contributed by atoms with Gasteiger partial charge in [-0.25, -0.2) is 14.8 Å². The van der Waals surface area contributed by atoms with Gasteiger partial charge in [-0.15, -0.1) is 0 Å². The highest BCUT2D eigenvalue weighted by atomic mass is 16.4. The first-order valence-corrected chi connectivity index (χ1v) is 7.86. The molecule has 2 aromatic rings. The molecule has 1 aromatic carbocycles. The number of carbonyl (C=O) groups is 3. The summed E-state index contributed by atoms with van der Waals surface area (Å²) in [6.07, 6.45) is 2.11. The molecule has 8 heteroatoms. The van der Waals surface area contributed by atoms with Crippen molar-refractivity contribution in [2.24, 2.45) is 5.41 Å². The van der Waals surface area contributed by atoms with Gasteiger partial charge in [-0.2, -0.15) is 0 Å². The van der Waals surface area contributed by atoms with Crippen LogP contribution in [0, 0.1) is 12.3 Å². The third kappa shape index (κ3) is 4.62. The maximum absolute atomic E-state index is 12.3. The van der Waals surface area contributed by atoms with Gasteiger partial charge in [-0.3, -0.25) is 9.59 Å². The molecule has 0 unspecified atom stereocenters. The number of rotatable bonds is 4. The molecule has 0 aliphatic rings. The lowest BCUT2D eigenvalue weighted by molar-refractivity contribution is -0.123. The van der Waals surface area contributed by atoms with Crippen molar-refractivity contribution in [2.45, 2.75) is 27.7 Å². The van der Waals surface area contributed by atoms with Gasteiger partial charge in [-0.05, 0) is 24.6 Å². The molecule has 0 saturated carbocycles. The van der Waals surface area contributed by atoms with Crippen LogP contribution in [-0.4, -0.2) is 32.9 Å². The molecule has 0 aliphatic carbocycles. The molecule has 0 saturated heterocycles. The molecule has 0 atom stereocenters. The molecule has 0 fully saturated rings. The molecule has 0 spiro atoms. The van der Waals surface area contributed by atoms with Crippen LogP contribution in [0.3, 0.4) is 0 Å². The van der Waals surface area contributed by atoms with Crippen LogP contribution in [0.15, 0.2) is 30.6 Å². The van der Waals surface area contributed by atoms with Gasteiger partial charge in [0, 0.05) is 16.8 Å². The molecule has 0 radical (unpaired) electrons. The lowest BCUT2D eigenvalue weighted by atomic mass is 9.95. The number of nitrogens with one attached hydrogen (secondary N) is 2. The number of aryl methyl sites for hydroxylation is 1. The SMILES string of the molecule is Cc1ccc(NC(=O)C(C)(C)C)cc1NC(=O)c1cnc(C(=O)O)cn1. The van der Waals surface area contributed by atoms with Crippen molar-refractivity contribution in [2.75, 3.05) is 10.6 Å². The highest BCUT2D eigenvalue weighted by Gasteiger charge is 2.21. The third-order valence-corrected chi connectivity index (χ3v) is 3.53. The van der Waals surface area contributed by atoms with Crippen LogP contribution in [0.25, 0.3) is 0 Å². The quantitative estimate of drug-likeness (QED) is 0.774. The van der Waals surface area contributed by atoms with Crippen molar-refractivity contribution < 1.29 is 19.5 Å². The van der Waals surface area contributed by atoms with E-state index in [1.807, 2.05) is 6.92 Å². The zero-order valence-electron chi connectivity index (χ0n) is 15.0. The second-order valence-electron chi connectivity index (χ2n) is 6.78. The highest BCUT2D eigenvalue weighted by Crippen LogP contribution is 2.23. The van der Waals surface area contributed by atoms with E-state index in [0.717, 1.165) is 18.0 Å². The van der Waals surface area contributed by atoms with Crippen molar-refractivity contribution in [3.63, 3.8) is 0 Å². The first-order valence-electron chi connectivity index (χ1n) is 7.86. The second-order valence-corrected chi connectivity index (χ2v) is 6.78. The number of carboxylic acids is 1. The van der Waals surface area contributed by atoms with E-state index in [1.165, 1.54) is 0 Å². The summed E-state index contributed by atoms with van der Waals surface area (Å²) in [5, 5.41) is 14.3. The lowest BCUT2D eigenvalue weighted by Crippen LogP contribution is -2.27. The summed E-state index contributed by atoms with van der Waals surface area (Å²) < 4.78 is 0. The Hall–Kier alpha value is -3.29. The standard InChI is InChI=1S/C18H20N4O4/c1-10-5-6-11(21-17(26)18(2,3)4)7-12(10)22-15(23)13-8-20-14(9-19-13)16(24)25/h5-9H,1-4H3,(H,21,26)(H,22,23)(H,24,25). The Morgan fingerprint density at radius 1 is 1.00 bits per heavy atom. The maximum atomic E-state index is 12.3. The molecule has 2 rings (SSSR count). The third-order valence-electron chi connectivity index (χ3n) is 3.53. The van der Waals surface area contributed by atoms with Crippen molar-refractivity contribution in [1.82, 2.24) is 9.97 Å². The fourth-order valence-electron chi connectivity index (χ4n) is 1.90. The second kappa shape index (κ2) is 7.30. The summed E-state index contributed by atoms with van der Waals surface area (Å²) in [7, 11) is 0. The van der Waals surface area contributed by atoms with Crippen LogP contribution in [0.1, 0.15) is 47.3 Å². The van der Waals surface area contributed by atoms with Crippen molar-refractivity contribution in [3.05, 3.63) is 47.5 Å². The molecule has 0 bridgehead atoms. The summed E-state index contributed by atoms with van der Waals surface area (Å²) in [5.41, 5.74) is 1.05. The Morgan fingerprint density at radius 2 is 1.62 bits per heavy atom. The number of aromatic nitrogens is 2. The van der Waals surface area contributed by atoms with Gasteiger partial charge in [-0.1, -0.05) is 26.8 Å². The number of aromatic carboxylic acids is 1. The van der Waals surface area contributed by atoms with E-state index >= 15 is 0 Å². The summed E-state index contributed by atoms with van der Waals surface area (Å²) in [4.78, 5) is 42.6. The van der Waals surface area contributed by atoms with Gasteiger partial charge < -0.3 is 15.7 Å². The van der Waals surface area contributed by atoms with Gasteiger partial charge in [0.1, 0.15) is 5.69 Å². The molecule has 0 aliphatic heterocycles. The minimum Gasteiger partial charge on any atom is -0.476 e. The Kier molecular flexibility index (Phi) is 5.35. The smallest absolute Gasteiger partial charge is 0.356 e. The lowest BCUT2D eigenvalue weighted by Gasteiger charge is -2.18. The Morgan fingerprint density at radius 3 is 2.15 bits per heavy atom. The molecular formula is C18H20N4O4. The summed E-state index contributed by atoms with van der Waals surface area (Å²) >= 11 is 0. The number of anilines is 2. The average molecular weight is 356 g/mol. The van der Waals surface area contributed by atoms with Crippen LogP contribution in [0.4, 0.5) is 11.4 Å². The maximum Gasteiger partial charge on any atom is 0.356 e. The topological polar surface area (TPSA) is 121 Å². The molecule has 8 nitrogen and oxygen atoms in total. The highest BCUT2D eigenvalue weighted by molar-refractivity contribution is 6.04. The van der Waals surface area contributed by atoms with E-state index in [1.54, 1.807) is 39.0 Å². The van der Waals surface area contributed by atoms with E-state index in [2.05, 4.69) is 20.6 Å². The fraction of sp³-hybridized carbons (Fsp3) is 0.278. The van der Waals surface area contributed by atoms with Crippen molar-refractivity contribution in [1.29, 1.82) is 0 Å². The van der Waals surface area contributed by atoms with Crippen LogP contribution in [-0.2, 0) is 4.79 Å². The summed E-state index contributed by atoms with van der Waals surface area (Å²) in [6, 6.07) is 5.17. The van der Waals surface area contributed by atoms with E-state index < -0.39 is 17.3 Å². The summed E-state index contributed by atoms with van der Waals surface area (Å²) in [5.74, 6) is -1.90. The van der Waals surface area contributed by atoms with Gasteiger partial charge in [0.05, 0.1) is 12.4 Å². The first kappa shape index (κ1) is 19.0. The monoisotopic (exact) mass is 356 g/mol. The van der Waals surface area contributed by atoms with Crippen molar-refractivity contribution in [3.8, 4) is 0 Å². The van der Waals surface area contributed by atoms with Crippen LogP contribution >= 0.6 is 0 Å². The minimum absolute atomic E-state index is 0.0152. The molecular weight excluding hydrogens is 336 g/mol. The predicted molar refractivity (Wildman–Crippen MR) is 96.2 cm³/mol. The van der Waals surface area contributed by atoms with Gasteiger partial charge in [0.2, 0.25) is 5.91 Å². The van der Waals surface area contributed by atoms with E-state index in [9.17, 15) is 14.4 Å². The average Bonchev–Trinajstić information content (AvgIpc) is 2.57. The number of carbonyl (C=O) groups excluding carboxylic acids is 2. The van der Waals surface area contributed by atoms with Crippen LogP contribution in [0.2, 0.25) is 0 Å².